The van der Waals surface area contributed by atoms with Crippen LogP contribution in [0.3, 0.4) is 0 Å². The highest BCUT2D eigenvalue weighted by atomic mass is 32.2. The number of anilines is 1. The van der Waals surface area contributed by atoms with E-state index in [2.05, 4.69) is 37.0 Å². The fourth-order valence-electron chi connectivity index (χ4n) is 3.90. The van der Waals surface area contributed by atoms with E-state index in [1.165, 1.54) is 35.4 Å². The minimum atomic E-state index is -4.33. The van der Waals surface area contributed by atoms with Crippen molar-refractivity contribution < 1.29 is 18.0 Å². The number of thioether (sulfide) groups is 1. The van der Waals surface area contributed by atoms with Crippen LogP contribution in [0.5, 0.6) is 0 Å². The van der Waals surface area contributed by atoms with Gasteiger partial charge in [0.15, 0.2) is 0 Å². The summed E-state index contributed by atoms with van der Waals surface area (Å²) in [5.74, 6) is 0. The van der Waals surface area contributed by atoms with Gasteiger partial charge in [-0.15, -0.1) is 12.6 Å². The van der Waals surface area contributed by atoms with Gasteiger partial charge in [0, 0.05) is 28.1 Å². The zero-order chi connectivity index (χ0) is 22.4. The zero-order valence-electron chi connectivity index (χ0n) is 17.4. The summed E-state index contributed by atoms with van der Waals surface area (Å²) in [6.45, 7) is 2.80. The quantitative estimate of drug-likeness (QED) is 0.245. The molecule has 1 N–H and O–H groups in total. The first-order chi connectivity index (χ1) is 14.7. The highest BCUT2D eigenvalue weighted by molar-refractivity contribution is 8.00. The highest BCUT2D eigenvalue weighted by Gasteiger charge is 2.31. The molecule has 1 aliphatic rings. The number of unbranched alkanes of at least 4 members (excludes halogenated alkanes) is 3. The topological polar surface area (TPSA) is 32.3 Å². The number of benzene rings is 2. The van der Waals surface area contributed by atoms with Crippen LogP contribution in [0.15, 0.2) is 52.3 Å². The summed E-state index contributed by atoms with van der Waals surface area (Å²) in [6, 6.07) is 11.7. The van der Waals surface area contributed by atoms with Crippen molar-refractivity contribution in [3.05, 3.63) is 53.6 Å². The van der Waals surface area contributed by atoms with E-state index in [1.54, 1.807) is 0 Å². The van der Waals surface area contributed by atoms with Gasteiger partial charge in [0.2, 0.25) is 0 Å². The summed E-state index contributed by atoms with van der Waals surface area (Å²) in [6.07, 6.45) is 5.81. The molecule has 168 valence electrons. The molecule has 0 saturated heterocycles. The SMILES string of the molecule is CCCCCCN(C(=O)Nc1ccc(SC(F)(F)F)cc1)C1Cc2ccc(S)cc2C1. The van der Waals surface area contributed by atoms with Gasteiger partial charge < -0.3 is 10.2 Å². The third-order valence-corrected chi connectivity index (χ3v) is 6.41. The smallest absolute Gasteiger partial charge is 0.321 e. The molecule has 1 unspecified atom stereocenters. The standard InChI is InChI=1S/C23H27F3N2OS2/c1-2-3-4-5-12-28(19-13-16-6-9-20(30)15-17(16)14-19)22(29)27-18-7-10-21(11-8-18)31-23(24,25)26/h6-11,15,19,30H,2-5,12-14H2,1H3,(H,27,29). The Labute approximate surface area is 191 Å². The number of rotatable bonds is 8. The van der Waals surface area contributed by atoms with Crippen molar-refractivity contribution in [3.63, 3.8) is 0 Å². The monoisotopic (exact) mass is 468 g/mol. The Bertz CT molecular complexity index is 887. The van der Waals surface area contributed by atoms with E-state index in [0.29, 0.717) is 12.2 Å². The first kappa shape index (κ1) is 23.9. The van der Waals surface area contributed by atoms with Crippen molar-refractivity contribution in [3.8, 4) is 0 Å². The molecule has 1 atom stereocenters. The number of fused-ring (bicyclic) bond motifs is 1. The lowest BCUT2D eigenvalue weighted by Crippen LogP contribution is -2.44. The Kier molecular flexibility index (Phi) is 8.22. The Hall–Kier alpha value is -1.80. The molecule has 1 aliphatic carbocycles. The molecule has 0 heterocycles. The van der Waals surface area contributed by atoms with Gasteiger partial charge in [0.05, 0.1) is 0 Å². The molecule has 2 aromatic rings. The van der Waals surface area contributed by atoms with Crippen LogP contribution < -0.4 is 5.32 Å². The van der Waals surface area contributed by atoms with Crippen LogP contribution in [-0.4, -0.2) is 29.0 Å². The maximum Gasteiger partial charge on any atom is 0.446 e. The van der Waals surface area contributed by atoms with Crippen LogP contribution in [0, 0.1) is 0 Å². The number of hydrogen-bond acceptors (Lipinski definition) is 3. The third-order valence-electron chi connectivity index (χ3n) is 5.39. The van der Waals surface area contributed by atoms with E-state index >= 15 is 0 Å². The van der Waals surface area contributed by atoms with Crippen LogP contribution in [0.25, 0.3) is 0 Å². The fraction of sp³-hybridized carbons (Fsp3) is 0.435. The highest BCUT2D eigenvalue weighted by Crippen LogP contribution is 2.37. The molecule has 2 aromatic carbocycles. The molecule has 8 heteroatoms. The van der Waals surface area contributed by atoms with Crippen LogP contribution in [0.2, 0.25) is 0 Å². The second kappa shape index (κ2) is 10.7. The number of urea groups is 1. The summed E-state index contributed by atoms with van der Waals surface area (Å²) in [7, 11) is 0. The predicted molar refractivity (Wildman–Crippen MR) is 123 cm³/mol. The van der Waals surface area contributed by atoms with Crippen molar-refractivity contribution in [2.75, 3.05) is 11.9 Å². The van der Waals surface area contributed by atoms with Gasteiger partial charge in [-0.1, -0.05) is 32.3 Å². The molecule has 2 amide bonds. The third kappa shape index (κ3) is 7.10. The molecule has 0 spiro atoms. The number of thiol groups is 1. The zero-order valence-corrected chi connectivity index (χ0v) is 19.1. The summed E-state index contributed by atoms with van der Waals surface area (Å²) in [4.78, 5) is 16.0. The maximum absolute atomic E-state index is 13.1. The van der Waals surface area contributed by atoms with E-state index in [0.717, 1.165) is 43.4 Å². The maximum atomic E-state index is 13.1. The summed E-state index contributed by atoms with van der Waals surface area (Å²) >= 11 is 4.26. The number of hydrogen-bond donors (Lipinski definition) is 2. The van der Waals surface area contributed by atoms with Crippen LogP contribution in [-0.2, 0) is 12.8 Å². The van der Waals surface area contributed by atoms with E-state index in [1.807, 2.05) is 11.0 Å². The lowest BCUT2D eigenvalue weighted by molar-refractivity contribution is -0.0328. The average Bonchev–Trinajstić information content (AvgIpc) is 3.11. The second-order valence-corrected chi connectivity index (χ2v) is 9.43. The van der Waals surface area contributed by atoms with Crippen molar-refractivity contribution in [1.82, 2.24) is 4.90 Å². The van der Waals surface area contributed by atoms with Crippen molar-refractivity contribution in [2.24, 2.45) is 0 Å². The first-order valence-corrected chi connectivity index (χ1v) is 11.8. The van der Waals surface area contributed by atoms with Gasteiger partial charge >= 0.3 is 11.5 Å². The number of nitrogens with one attached hydrogen (secondary N) is 1. The summed E-state index contributed by atoms with van der Waals surface area (Å²) in [5, 5.41) is 2.87. The number of amides is 2. The van der Waals surface area contributed by atoms with E-state index < -0.39 is 5.51 Å². The molecular formula is C23H27F3N2OS2. The Balaban J connectivity index is 1.68. The van der Waals surface area contributed by atoms with E-state index in [9.17, 15) is 18.0 Å². The van der Waals surface area contributed by atoms with Crippen molar-refractivity contribution >= 4 is 36.1 Å². The lowest BCUT2D eigenvalue weighted by atomic mass is 10.1. The largest absolute Gasteiger partial charge is 0.446 e. The minimum absolute atomic E-state index is 0.0619. The van der Waals surface area contributed by atoms with Gasteiger partial charge in [0.1, 0.15) is 0 Å². The average molecular weight is 469 g/mol. The molecule has 3 nitrogen and oxygen atoms in total. The van der Waals surface area contributed by atoms with Crippen LogP contribution in [0.1, 0.15) is 43.7 Å². The predicted octanol–water partition coefficient (Wildman–Crippen LogP) is 7.17. The Morgan fingerprint density at radius 1 is 1.10 bits per heavy atom. The van der Waals surface area contributed by atoms with Crippen LogP contribution >= 0.6 is 24.4 Å². The normalized spacial score (nSPS) is 15.6. The van der Waals surface area contributed by atoms with Crippen LogP contribution in [0.4, 0.5) is 23.7 Å². The Morgan fingerprint density at radius 2 is 1.81 bits per heavy atom. The van der Waals surface area contributed by atoms with Gasteiger partial charge in [-0.3, -0.25) is 0 Å². The molecule has 0 saturated carbocycles. The van der Waals surface area contributed by atoms with E-state index in [4.69, 9.17) is 0 Å². The lowest BCUT2D eigenvalue weighted by Gasteiger charge is -2.29. The van der Waals surface area contributed by atoms with Crippen molar-refractivity contribution in [2.45, 2.75) is 66.8 Å². The van der Waals surface area contributed by atoms with Gasteiger partial charge in [0.25, 0.3) is 0 Å². The molecule has 0 radical (unpaired) electrons. The number of carbonyl (C=O) groups excluding carboxylic acids is 1. The van der Waals surface area contributed by atoms with Gasteiger partial charge in [-0.25, -0.2) is 4.79 Å². The minimum Gasteiger partial charge on any atom is -0.321 e. The molecule has 3 rings (SSSR count). The molecule has 0 aromatic heterocycles. The summed E-state index contributed by atoms with van der Waals surface area (Å²) < 4.78 is 37.6. The molecular weight excluding hydrogens is 441 g/mol. The molecule has 0 fully saturated rings. The number of carbonyl (C=O) groups is 1. The molecule has 0 aliphatic heterocycles. The number of nitrogens with zero attached hydrogens (tertiary/aromatic N) is 1. The summed E-state index contributed by atoms with van der Waals surface area (Å²) in [5.41, 5.74) is -1.38. The van der Waals surface area contributed by atoms with Gasteiger partial charge in [-0.2, -0.15) is 13.2 Å². The number of alkyl halides is 3. The van der Waals surface area contributed by atoms with E-state index in [-0.39, 0.29) is 28.7 Å². The molecule has 31 heavy (non-hydrogen) atoms. The second-order valence-electron chi connectivity index (χ2n) is 7.77. The first-order valence-electron chi connectivity index (χ1n) is 10.5. The Morgan fingerprint density at radius 3 is 2.48 bits per heavy atom. The molecule has 0 bridgehead atoms. The van der Waals surface area contributed by atoms with Crippen molar-refractivity contribution in [1.29, 1.82) is 0 Å². The number of halogens is 3. The fourth-order valence-corrected chi connectivity index (χ4v) is 4.67. The van der Waals surface area contributed by atoms with Gasteiger partial charge in [-0.05, 0) is 78.5 Å².